The lowest BCUT2D eigenvalue weighted by Gasteiger charge is -2.29. The molecule has 1 aromatic rings. The number of rotatable bonds is 4. The lowest BCUT2D eigenvalue weighted by Crippen LogP contribution is -2.36. The molecule has 2 aliphatic rings. The predicted molar refractivity (Wildman–Crippen MR) is 93.0 cm³/mol. The summed E-state index contributed by atoms with van der Waals surface area (Å²) in [5.74, 6) is -0.571. The fourth-order valence-electron chi connectivity index (χ4n) is 2.82. The fourth-order valence-corrected chi connectivity index (χ4v) is 2.82. The molecule has 1 aromatic carbocycles. The van der Waals surface area contributed by atoms with Crippen molar-refractivity contribution in [2.24, 2.45) is 0 Å². The standard InChI is InChI=1S/C16H20FN3O4.ClH/c1-11(21)18-9-13-10-20(16(22)24-13)12-2-3-15(14(17)8-12)19-4-6-23-7-5-19;/h2-3,8,13H,4-7,9-10H2,1H3,(H,18,21);1H/t13-;/m0./s1. The van der Waals surface area contributed by atoms with Gasteiger partial charge in [0.1, 0.15) is 11.9 Å². The Labute approximate surface area is 151 Å². The molecule has 2 fully saturated rings. The Kier molecular flexibility index (Phi) is 6.44. The van der Waals surface area contributed by atoms with Gasteiger partial charge in [-0.05, 0) is 18.2 Å². The molecule has 0 spiro atoms. The Bertz CT molecular complexity index is 640. The highest BCUT2D eigenvalue weighted by Gasteiger charge is 2.32. The maximum Gasteiger partial charge on any atom is 0.414 e. The Hall–Kier alpha value is -2.06. The van der Waals surface area contributed by atoms with E-state index in [9.17, 15) is 14.0 Å². The number of hydrogen-bond donors (Lipinski definition) is 1. The molecule has 2 saturated heterocycles. The molecule has 1 atom stereocenters. The molecule has 0 bridgehead atoms. The van der Waals surface area contributed by atoms with E-state index in [-0.39, 0.29) is 37.2 Å². The zero-order chi connectivity index (χ0) is 17.1. The van der Waals surface area contributed by atoms with Gasteiger partial charge in [-0.1, -0.05) is 0 Å². The SMILES string of the molecule is CC(=O)NC[C@H]1CN(c2ccc(N3CCOCC3)c(F)c2)C(=O)O1.Cl. The zero-order valence-electron chi connectivity index (χ0n) is 13.9. The van der Waals surface area contributed by atoms with Crippen LogP contribution in [0.4, 0.5) is 20.6 Å². The Morgan fingerprint density at radius 3 is 2.72 bits per heavy atom. The molecule has 2 amide bonds. The van der Waals surface area contributed by atoms with Crippen molar-refractivity contribution < 1.29 is 23.5 Å². The minimum atomic E-state index is -0.538. The van der Waals surface area contributed by atoms with Crippen molar-refractivity contribution in [3.63, 3.8) is 0 Å². The van der Waals surface area contributed by atoms with E-state index in [2.05, 4.69) is 5.32 Å². The van der Waals surface area contributed by atoms with Crippen LogP contribution in [0, 0.1) is 5.82 Å². The van der Waals surface area contributed by atoms with Gasteiger partial charge in [-0.15, -0.1) is 12.4 Å². The molecule has 25 heavy (non-hydrogen) atoms. The second-order valence-electron chi connectivity index (χ2n) is 5.79. The molecule has 7 nitrogen and oxygen atoms in total. The molecule has 2 aliphatic heterocycles. The first-order chi connectivity index (χ1) is 11.5. The van der Waals surface area contributed by atoms with Crippen LogP contribution >= 0.6 is 12.4 Å². The molecule has 0 unspecified atom stereocenters. The fraction of sp³-hybridized carbons (Fsp3) is 0.500. The number of nitrogens with zero attached hydrogens (tertiary/aromatic N) is 2. The van der Waals surface area contributed by atoms with Crippen molar-refractivity contribution in [1.82, 2.24) is 5.32 Å². The predicted octanol–water partition coefficient (Wildman–Crippen LogP) is 1.55. The van der Waals surface area contributed by atoms with Crippen LogP contribution in [0.2, 0.25) is 0 Å². The van der Waals surface area contributed by atoms with Crippen LogP contribution in [0.1, 0.15) is 6.92 Å². The Balaban J connectivity index is 0.00000225. The summed E-state index contributed by atoms with van der Waals surface area (Å²) in [6.45, 7) is 4.34. The summed E-state index contributed by atoms with van der Waals surface area (Å²) in [6, 6.07) is 4.72. The van der Waals surface area contributed by atoms with Gasteiger partial charge in [-0.25, -0.2) is 9.18 Å². The number of benzene rings is 1. The number of ether oxygens (including phenoxy) is 2. The third-order valence-electron chi connectivity index (χ3n) is 4.05. The van der Waals surface area contributed by atoms with Crippen molar-refractivity contribution in [1.29, 1.82) is 0 Å². The summed E-state index contributed by atoms with van der Waals surface area (Å²) in [6.07, 6.45) is -0.979. The molecule has 0 aliphatic carbocycles. The molecule has 0 radical (unpaired) electrons. The second-order valence-corrected chi connectivity index (χ2v) is 5.79. The highest BCUT2D eigenvalue weighted by Crippen LogP contribution is 2.28. The number of nitrogens with one attached hydrogen (secondary N) is 1. The summed E-state index contributed by atoms with van der Waals surface area (Å²) in [5.41, 5.74) is 0.948. The number of hydrogen-bond acceptors (Lipinski definition) is 5. The van der Waals surface area contributed by atoms with Gasteiger partial charge in [0.2, 0.25) is 5.91 Å². The van der Waals surface area contributed by atoms with E-state index in [4.69, 9.17) is 9.47 Å². The third kappa shape index (κ3) is 4.52. The minimum absolute atomic E-state index is 0. The lowest BCUT2D eigenvalue weighted by molar-refractivity contribution is -0.119. The summed E-state index contributed by atoms with van der Waals surface area (Å²) in [5, 5.41) is 2.61. The minimum Gasteiger partial charge on any atom is -0.442 e. The quantitative estimate of drug-likeness (QED) is 0.867. The summed E-state index contributed by atoms with van der Waals surface area (Å²) in [4.78, 5) is 26.2. The van der Waals surface area contributed by atoms with Crippen molar-refractivity contribution in [3.8, 4) is 0 Å². The average molecular weight is 374 g/mol. The Morgan fingerprint density at radius 1 is 1.36 bits per heavy atom. The first-order valence-corrected chi connectivity index (χ1v) is 7.89. The molecule has 138 valence electrons. The van der Waals surface area contributed by atoms with Crippen molar-refractivity contribution in [2.45, 2.75) is 13.0 Å². The molecule has 0 saturated carbocycles. The van der Waals surface area contributed by atoms with Crippen LogP contribution < -0.4 is 15.1 Å². The van der Waals surface area contributed by atoms with Gasteiger partial charge < -0.3 is 19.7 Å². The molecular weight excluding hydrogens is 353 g/mol. The number of cyclic esters (lactones) is 1. The number of anilines is 2. The number of halogens is 2. The van der Waals surface area contributed by atoms with E-state index in [1.807, 2.05) is 4.90 Å². The average Bonchev–Trinajstić information content (AvgIpc) is 2.94. The van der Waals surface area contributed by atoms with Gasteiger partial charge in [0.05, 0.1) is 37.7 Å². The van der Waals surface area contributed by atoms with Crippen LogP contribution in [0.3, 0.4) is 0 Å². The Morgan fingerprint density at radius 2 is 2.08 bits per heavy atom. The third-order valence-corrected chi connectivity index (χ3v) is 4.05. The molecule has 1 N–H and O–H groups in total. The second kappa shape index (κ2) is 8.35. The largest absolute Gasteiger partial charge is 0.442 e. The number of amides is 2. The van der Waals surface area contributed by atoms with Crippen LogP contribution in [-0.2, 0) is 14.3 Å². The summed E-state index contributed by atoms with van der Waals surface area (Å²) >= 11 is 0. The van der Waals surface area contributed by atoms with E-state index in [1.165, 1.54) is 17.9 Å². The normalized spacial score (nSPS) is 20.1. The monoisotopic (exact) mass is 373 g/mol. The van der Waals surface area contributed by atoms with Crippen molar-refractivity contribution in [3.05, 3.63) is 24.0 Å². The van der Waals surface area contributed by atoms with Gasteiger partial charge in [0.15, 0.2) is 0 Å². The van der Waals surface area contributed by atoms with Gasteiger partial charge in [-0.3, -0.25) is 9.69 Å². The number of carbonyl (C=O) groups is 2. The summed E-state index contributed by atoms with van der Waals surface area (Å²) in [7, 11) is 0. The maximum absolute atomic E-state index is 14.4. The van der Waals surface area contributed by atoms with E-state index in [0.717, 1.165) is 0 Å². The lowest BCUT2D eigenvalue weighted by atomic mass is 10.2. The number of carbonyl (C=O) groups excluding carboxylic acids is 2. The van der Waals surface area contributed by atoms with Crippen LogP contribution in [0.15, 0.2) is 18.2 Å². The van der Waals surface area contributed by atoms with E-state index >= 15 is 0 Å². The van der Waals surface area contributed by atoms with Crippen molar-refractivity contribution in [2.75, 3.05) is 49.2 Å². The first kappa shape index (κ1) is 19.3. The van der Waals surface area contributed by atoms with Crippen LogP contribution in [-0.4, -0.2) is 57.5 Å². The highest BCUT2D eigenvalue weighted by molar-refractivity contribution is 5.90. The molecule has 0 aromatic heterocycles. The van der Waals surface area contributed by atoms with Gasteiger partial charge in [0.25, 0.3) is 0 Å². The smallest absolute Gasteiger partial charge is 0.414 e. The van der Waals surface area contributed by atoms with E-state index in [0.29, 0.717) is 37.7 Å². The van der Waals surface area contributed by atoms with Gasteiger partial charge in [-0.2, -0.15) is 0 Å². The van der Waals surface area contributed by atoms with Crippen molar-refractivity contribution >= 4 is 35.8 Å². The van der Waals surface area contributed by atoms with E-state index in [1.54, 1.807) is 12.1 Å². The maximum atomic E-state index is 14.4. The summed E-state index contributed by atoms with van der Waals surface area (Å²) < 4.78 is 24.9. The molecule has 2 heterocycles. The molecule has 3 rings (SSSR count). The number of morpholine rings is 1. The van der Waals surface area contributed by atoms with Gasteiger partial charge >= 0.3 is 6.09 Å². The van der Waals surface area contributed by atoms with E-state index < -0.39 is 12.2 Å². The zero-order valence-corrected chi connectivity index (χ0v) is 14.7. The van der Waals surface area contributed by atoms with Crippen LogP contribution in [0.25, 0.3) is 0 Å². The topological polar surface area (TPSA) is 71.1 Å². The first-order valence-electron chi connectivity index (χ1n) is 7.89. The molecule has 9 heteroatoms. The van der Waals surface area contributed by atoms with Gasteiger partial charge in [0, 0.05) is 20.0 Å². The highest BCUT2D eigenvalue weighted by atomic mass is 35.5. The molecular formula is C16H21ClFN3O4. The van der Waals surface area contributed by atoms with Crippen LogP contribution in [0.5, 0.6) is 0 Å².